The van der Waals surface area contributed by atoms with Crippen LogP contribution in [0.2, 0.25) is 0 Å². The van der Waals surface area contributed by atoms with Crippen LogP contribution in [0, 0.1) is 6.92 Å². The Bertz CT molecular complexity index is 750. The van der Waals surface area contributed by atoms with Crippen LogP contribution in [-0.2, 0) is 0 Å². The van der Waals surface area contributed by atoms with Crippen LogP contribution in [0.1, 0.15) is 23.6 Å². The van der Waals surface area contributed by atoms with Crippen LogP contribution in [0.3, 0.4) is 0 Å². The number of anilines is 1. The van der Waals surface area contributed by atoms with Crippen molar-refractivity contribution in [3.8, 4) is 5.69 Å². The first-order chi connectivity index (χ1) is 10.6. The van der Waals surface area contributed by atoms with Crippen LogP contribution in [-0.4, -0.2) is 25.0 Å². The van der Waals surface area contributed by atoms with Gasteiger partial charge < -0.3 is 5.73 Å². The molecular formula is C15H16N6S. The molecule has 22 heavy (non-hydrogen) atoms. The molecule has 3 aromatic rings. The zero-order valence-corrected chi connectivity index (χ0v) is 13.2. The summed E-state index contributed by atoms with van der Waals surface area (Å²) >= 11 is 1.52. The molecule has 2 N–H and O–H groups in total. The van der Waals surface area contributed by atoms with Gasteiger partial charge >= 0.3 is 0 Å². The maximum Gasteiger partial charge on any atom is 0.190 e. The van der Waals surface area contributed by atoms with Crippen molar-refractivity contribution < 1.29 is 0 Å². The first-order valence-electron chi connectivity index (χ1n) is 6.87. The van der Waals surface area contributed by atoms with E-state index in [0.717, 1.165) is 17.1 Å². The molecule has 0 spiro atoms. The summed E-state index contributed by atoms with van der Waals surface area (Å²) in [6, 6.07) is 11.6. The average Bonchev–Trinajstić information content (AvgIpc) is 2.97. The summed E-state index contributed by atoms with van der Waals surface area (Å²) in [6.45, 7) is 3.95. The third-order valence-corrected chi connectivity index (χ3v) is 4.07. The molecule has 1 unspecified atom stereocenters. The number of para-hydroxylation sites is 1. The topological polar surface area (TPSA) is 82.5 Å². The Labute approximate surface area is 132 Å². The van der Waals surface area contributed by atoms with E-state index in [1.165, 1.54) is 11.8 Å². The smallest absolute Gasteiger partial charge is 0.190 e. The van der Waals surface area contributed by atoms with Gasteiger partial charge in [-0.15, -0.1) is 5.10 Å². The molecule has 2 heterocycles. The average molecular weight is 312 g/mol. The molecule has 1 aromatic carbocycles. The molecule has 0 aliphatic carbocycles. The monoisotopic (exact) mass is 312 g/mol. The van der Waals surface area contributed by atoms with Crippen molar-refractivity contribution in [1.82, 2.24) is 25.0 Å². The molecule has 0 fully saturated rings. The van der Waals surface area contributed by atoms with Crippen LogP contribution in [0.15, 0.2) is 47.8 Å². The zero-order chi connectivity index (χ0) is 15.5. The van der Waals surface area contributed by atoms with E-state index in [1.54, 1.807) is 10.7 Å². The lowest BCUT2D eigenvalue weighted by molar-refractivity contribution is 0.796. The normalized spacial score (nSPS) is 12.3. The van der Waals surface area contributed by atoms with Crippen LogP contribution >= 0.6 is 11.8 Å². The Morgan fingerprint density at radius 2 is 1.95 bits per heavy atom. The van der Waals surface area contributed by atoms with Crippen molar-refractivity contribution in [2.24, 2.45) is 0 Å². The summed E-state index contributed by atoms with van der Waals surface area (Å²) < 4.78 is 1.76. The Morgan fingerprint density at radius 1 is 1.18 bits per heavy atom. The molecule has 2 aromatic heterocycles. The van der Waals surface area contributed by atoms with Gasteiger partial charge in [-0.3, -0.25) is 0 Å². The van der Waals surface area contributed by atoms with Crippen molar-refractivity contribution in [3.05, 3.63) is 54.0 Å². The molecule has 0 saturated carbocycles. The van der Waals surface area contributed by atoms with Gasteiger partial charge in [-0.05, 0) is 26.0 Å². The van der Waals surface area contributed by atoms with Crippen LogP contribution < -0.4 is 5.73 Å². The second kappa shape index (κ2) is 6.15. The van der Waals surface area contributed by atoms with Gasteiger partial charge in [-0.1, -0.05) is 35.2 Å². The summed E-state index contributed by atoms with van der Waals surface area (Å²) in [4.78, 5) is 8.62. The summed E-state index contributed by atoms with van der Waals surface area (Å²) in [5.41, 5.74) is 8.47. The Kier molecular flexibility index (Phi) is 4.06. The van der Waals surface area contributed by atoms with Crippen LogP contribution in [0.4, 0.5) is 5.82 Å². The van der Waals surface area contributed by atoms with Crippen molar-refractivity contribution in [3.63, 3.8) is 0 Å². The number of hydrogen-bond acceptors (Lipinski definition) is 6. The number of nitrogens with zero attached hydrogens (tertiary/aromatic N) is 5. The highest BCUT2D eigenvalue weighted by atomic mass is 32.2. The van der Waals surface area contributed by atoms with Crippen LogP contribution in [0.25, 0.3) is 5.69 Å². The standard InChI is InChI=1S/C15H16N6S/c1-10-8-14(16)18-15(17-10)22-11(2)13-9-21(20-19-13)12-6-4-3-5-7-12/h3-9,11H,1-2H3,(H2,16,17,18). The Balaban J connectivity index is 1.78. The lowest BCUT2D eigenvalue weighted by Crippen LogP contribution is -1.98. The second-order valence-electron chi connectivity index (χ2n) is 4.90. The number of nitrogen functional groups attached to an aromatic ring is 1. The molecule has 0 aliphatic rings. The van der Waals surface area contributed by atoms with E-state index in [4.69, 9.17) is 5.73 Å². The Morgan fingerprint density at radius 3 is 2.68 bits per heavy atom. The van der Waals surface area contributed by atoms with E-state index in [9.17, 15) is 0 Å². The lowest BCUT2D eigenvalue weighted by Gasteiger charge is -2.07. The maximum atomic E-state index is 5.76. The molecule has 7 heteroatoms. The first kappa shape index (κ1) is 14.5. The number of aryl methyl sites for hydroxylation is 1. The molecule has 0 aliphatic heterocycles. The fourth-order valence-corrected chi connectivity index (χ4v) is 2.91. The molecule has 6 nitrogen and oxygen atoms in total. The molecular weight excluding hydrogens is 296 g/mol. The van der Waals surface area contributed by atoms with E-state index in [1.807, 2.05) is 50.4 Å². The maximum absolute atomic E-state index is 5.76. The SMILES string of the molecule is Cc1cc(N)nc(SC(C)c2cn(-c3ccccc3)nn2)n1. The molecule has 0 saturated heterocycles. The second-order valence-corrected chi connectivity index (χ2v) is 6.21. The summed E-state index contributed by atoms with van der Waals surface area (Å²) in [7, 11) is 0. The summed E-state index contributed by atoms with van der Waals surface area (Å²) in [6.07, 6.45) is 1.92. The largest absolute Gasteiger partial charge is 0.384 e. The van der Waals surface area contributed by atoms with Crippen molar-refractivity contribution in [2.45, 2.75) is 24.3 Å². The minimum atomic E-state index is 0.0821. The van der Waals surface area contributed by atoms with E-state index >= 15 is 0 Å². The number of thioether (sulfide) groups is 1. The number of nitrogens with two attached hydrogens (primary N) is 1. The Hall–Kier alpha value is -2.41. The highest BCUT2D eigenvalue weighted by molar-refractivity contribution is 7.99. The van der Waals surface area contributed by atoms with Crippen LogP contribution in [0.5, 0.6) is 0 Å². The fraction of sp³-hybridized carbons (Fsp3) is 0.200. The van der Waals surface area contributed by atoms with E-state index in [2.05, 4.69) is 20.3 Å². The van der Waals surface area contributed by atoms with E-state index < -0.39 is 0 Å². The molecule has 1 atom stereocenters. The molecule has 3 rings (SSSR count). The quantitative estimate of drug-likeness (QED) is 0.589. The number of aromatic nitrogens is 5. The minimum absolute atomic E-state index is 0.0821. The van der Waals surface area contributed by atoms with Gasteiger partial charge in [0.1, 0.15) is 5.82 Å². The van der Waals surface area contributed by atoms with Gasteiger partial charge in [0.2, 0.25) is 0 Å². The molecule has 0 amide bonds. The third kappa shape index (κ3) is 3.25. The highest BCUT2D eigenvalue weighted by Crippen LogP contribution is 2.32. The summed E-state index contributed by atoms with van der Waals surface area (Å²) in [5.74, 6) is 0.482. The van der Waals surface area contributed by atoms with Crippen molar-refractivity contribution >= 4 is 17.6 Å². The van der Waals surface area contributed by atoms with E-state index in [0.29, 0.717) is 11.0 Å². The van der Waals surface area contributed by atoms with Gasteiger partial charge in [0.05, 0.1) is 22.8 Å². The van der Waals surface area contributed by atoms with Gasteiger partial charge in [0, 0.05) is 11.8 Å². The summed E-state index contributed by atoms with van der Waals surface area (Å²) in [5, 5.41) is 9.15. The highest BCUT2D eigenvalue weighted by Gasteiger charge is 2.14. The number of benzene rings is 1. The van der Waals surface area contributed by atoms with Gasteiger partial charge in [-0.2, -0.15) is 0 Å². The van der Waals surface area contributed by atoms with Crippen molar-refractivity contribution in [1.29, 1.82) is 0 Å². The van der Waals surface area contributed by atoms with Crippen molar-refractivity contribution in [2.75, 3.05) is 5.73 Å². The van der Waals surface area contributed by atoms with Gasteiger partial charge in [0.15, 0.2) is 5.16 Å². The molecule has 0 bridgehead atoms. The minimum Gasteiger partial charge on any atom is -0.384 e. The third-order valence-electron chi connectivity index (χ3n) is 3.08. The lowest BCUT2D eigenvalue weighted by atomic mass is 10.3. The number of rotatable bonds is 4. The first-order valence-corrected chi connectivity index (χ1v) is 7.75. The molecule has 0 radical (unpaired) electrons. The predicted octanol–water partition coefficient (Wildman–Crippen LogP) is 2.80. The number of hydrogen-bond donors (Lipinski definition) is 1. The predicted molar refractivity (Wildman–Crippen MR) is 86.8 cm³/mol. The molecule has 112 valence electrons. The van der Waals surface area contributed by atoms with E-state index in [-0.39, 0.29) is 5.25 Å². The zero-order valence-electron chi connectivity index (χ0n) is 12.3. The van der Waals surface area contributed by atoms with Gasteiger partial charge in [0.25, 0.3) is 0 Å². The van der Waals surface area contributed by atoms with Gasteiger partial charge in [-0.25, -0.2) is 14.6 Å². The fourth-order valence-electron chi connectivity index (χ4n) is 2.01.